The minimum Gasteiger partial charge on any atom is -0.458 e. The van der Waals surface area contributed by atoms with E-state index in [4.69, 9.17) is 4.74 Å². The zero-order valence-electron chi connectivity index (χ0n) is 9.41. The van der Waals surface area contributed by atoms with Gasteiger partial charge in [-0.15, -0.1) is 0 Å². The summed E-state index contributed by atoms with van der Waals surface area (Å²) in [6, 6.07) is 0.265. The fourth-order valence-corrected chi connectivity index (χ4v) is 2.77. The highest BCUT2D eigenvalue weighted by molar-refractivity contribution is 14.1. The van der Waals surface area contributed by atoms with Crippen LogP contribution >= 0.6 is 22.6 Å². The van der Waals surface area contributed by atoms with Crippen LogP contribution in [0.15, 0.2) is 0 Å². The van der Waals surface area contributed by atoms with Gasteiger partial charge < -0.3 is 15.2 Å². The molecule has 2 fully saturated rings. The van der Waals surface area contributed by atoms with E-state index in [9.17, 15) is 9.90 Å². The Kier molecular flexibility index (Phi) is 3.75. The fraction of sp³-hybridized carbons (Fsp3) is 0.909. The van der Waals surface area contributed by atoms with Crippen LogP contribution < -0.4 is 5.32 Å². The number of hydrogen-bond acceptors (Lipinski definition) is 4. The standard InChI is InChI=1S/C11H18INO3/c1-11(15)5-3-2-4-8(11)16-10(14)9(12)7-6-13-7/h7-9,13,15H,2-6H2,1H3. The van der Waals surface area contributed by atoms with E-state index in [2.05, 4.69) is 27.9 Å². The molecule has 1 aliphatic heterocycles. The number of nitrogens with one attached hydrogen (secondary N) is 1. The molecule has 2 N–H and O–H groups in total. The van der Waals surface area contributed by atoms with E-state index in [-0.39, 0.29) is 22.0 Å². The molecule has 16 heavy (non-hydrogen) atoms. The topological polar surface area (TPSA) is 68.5 Å². The van der Waals surface area contributed by atoms with Crippen LogP contribution in [0.3, 0.4) is 0 Å². The molecule has 0 amide bonds. The van der Waals surface area contributed by atoms with Gasteiger partial charge in [0.1, 0.15) is 10.0 Å². The van der Waals surface area contributed by atoms with Crippen LogP contribution in [0.5, 0.6) is 0 Å². The molecule has 92 valence electrons. The summed E-state index contributed by atoms with van der Waals surface area (Å²) in [5.41, 5.74) is -0.846. The van der Waals surface area contributed by atoms with E-state index in [1.165, 1.54) is 0 Å². The van der Waals surface area contributed by atoms with Crippen LogP contribution in [0.4, 0.5) is 0 Å². The van der Waals surface area contributed by atoms with Crippen molar-refractivity contribution in [1.29, 1.82) is 0 Å². The largest absolute Gasteiger partial charge is 0.458 e. The number of halogens is 1. The molecule has 4 atom stereocenters. The molecule has 1 aliphatic carbocycles. The predicted molar refractivity (Wildman–Crippen MR) is 68.6 cm³/mol. The van der Waals surface area contributed by atoms with Gasteiger partial charge in [0, 0.05) is 12.6 Å². The van der Waals surface area contributed by atoms with Crippen LogP contribution in [0.25, 0.3) is 0 Å². The second-order valence-corrected chi connectivity index (χ2v) is 6.29. The Morgan fingerprint density at radius 2 is 2.31 bits per heavy atom. The van der Waals surface area contributed by atoms with Crippen molar-refractivity contribution in [3.63, 3.8) is 0 Å². The Balaban J connectivity index is 1.89. The molecule has 4 nitrogen and oxygen atoms in total. The number of rotatable bonds is 3. The van der Waals surface area contributed by atoms with Crippen LogP contribution in [-0.4, -0.2) is 39.3 Å². The molecule has 2 aliphatic rings. The van der Waals surface area contributed by atoms with Gasteiger partial charge in [0.15, 0.2) is 0 Å². The minimum atomic E-state index is -0.846. The van der Waals surface area contributed by atoms with Crippen molar-refractivity contribution in [2.75, 3.05) is 6.54 Å². The Morgan fingerprint density at radius 3 is 2.88 bits per heavy atom. The van der Waals surface area contributed by atoms with E-state index in [1.54, 1.807) is 6.92 Å². The summed E-state index contributed by atoms with van der Waals surface area (Å²) in [4.78, 5) is 11.8. The molecule has 2 rings (SSSR count). The second-order valence-electron chi connectivity index (χ2n) is 4.94. The molecule has 1 saturated heterocycles. The van der Waals surface area contributed by atoms with Gasteiger partial charge >= 0.3 is 5.97 Å². The molecule has 0 bridgehead atoms. The lowest BCUT2D eigenvalue weighted by molar-refractivity contribution is -0.167. The van der Waals surface area contributed by atoms with Crippen molar-refractivity contribution in [3.05, 3.63) is 0 Å². The van der Waals surface area contributed by atoms with Gasteiger partial charge in [0.25, 0.3) is 0 Å². The number of esters is 1. The van der Waals surface area contributed by atoms with Crippen molar-refractivity contribution >= 4 is 28.6 Å². The first-order chi connectivity index (χ1) is 7.50. The van der Waals surface area contributed by atoms with Gasteiger partial charge in [-0.05, 0) is 26.2 Å². The Labute approximate surface area is 109 Å². The molecular formula is C11H18INO3. The maximum absolute atomic E-state index is 11.8. The summed E-state index contributed by atoms with van der Waals surface area (Å²) in [6.45, 7) is 2.66. The molecule has 1 saturated carbocycles. The normalized spacial score (nSPS) is 40.2. The van der Waals surface area contributed by atoms with Crippen molar-refractivity contribution in [1.82, 2.24) is 5.32 Å². The Hall–Kier alpha value is 0.120. The monoisotopic (exact) mass is 339 g/mol. The summed E-state index contributed by atoms with van der Waals surface area (Å²) in [5, 5.41) is 13.2. The fourth-order valence-electron chi connectivity index (χ4n) is 2.11. The van der Waals surface area contributed by atoms with Gasteiger partial charge in [-0.3, -0.25) is 4.79 Å². The Morgan fingerprint density at radius 1 is 1.62 bits per heavy atom. The van der Waals surface area contributed by atoms with Crippen molar-refractivity contribution in [3.8, 4) is 0 Å². The summed E-state index contributed by atoms with van der Waals surface area (Å²) in [5.74, 6) is -0.192. The zero-order chi connectivity index (χ0) is 11.8. The van der Waals surface area contributed by atoms with Gasteiger partial charge in [-0.1, -0.05) is 29.0 Å². The van der Waals surface area contributed by atoms with E-state index in [0.717, 1.165) is 32.2 Å². The molecule has 0 radical (unpaired) electrons. The van der Waals surface area contributed by atoms with E-state index < -0.39 is 5.60 Å². The molecule has 0 aromatic rings. The minimum absolute atomic E-state index is 0.129. The quantitative estimate of drug-likeness (QED) is 0.348. The molecule has 1 heterocycles. The lowest BCUT2D eigenvalue weighted by Gasteiger charge is -2.36. The molecule has 0 spiro atoms. The van der Waals surface area contributed by atoms with Crippen LogP contribution in [0.2, 0.25) is 0 Å². The van der Waals surface area contributed by atoms with Crippen molar-refractivity contribution < 1.29 is 14.6 Å². The zero-order valence-corrected chi connectivity index (χ0v) is 11.6. The summed E-state index contributed by atoms with van der Waals surface area (Å²) >= 11 is 2.11. The third kappa shape index (κ3) is 2.87. The number of hydrogen-bond donors (Lipinski definition) is 2. The third-order valence-corrected chi connectivity index (χ3v) is 4.75. The molecule has 0 aromatic carbocycles. The smallest absolute Gasteiger partial charge is 0.320 e. The first-order valence-corrected chi connectivity index (χ1v) is 7.05. The summed E-state index contributed by atoms with van der Waals surface area (Å²) in [7, 11) is 0. The van der Waals surface area contributed by atoms with Gasteiger partial charge in [0.05, 0.1) is 5.60 Å². The first-order valence-electron chi connectivity index (χ1n) is 5.81. The van der Waals surface area contributed by atoms with Crippen LogP contribution in [0, 0.1) is 0 Å². The van der Waals surface area contributed by atoms with Crippen LogP contribution in [-0.2, 0) is 9.53 Å². The maximum atomic E-state index is 11.8. The summed E-state index contributed by atoms with van der Waals surface area (Å²) in [6.07, 6.45) is 3.21. The van der Waals surface area contributed by atoms with Crippen molar-refractivity contribution in [2.24, 2.45) is 0 Å². The third-order valence-electron chi connectivity index (χ3n) is 3.37. The number of carbonyl (C=O) groups is 1. The highest BCUT2D eigenvalue weighted by Crippen LogP contribution is 2.31. The molecule has 4 unspecified atom stereocenters. The molecule has 0 aromatic heterocycles. The number of alkyl halides is 1. The SMILES string of the molecule is CC1(O)CCCCC1OC(=O)C(I)C1CN1. The van der Waals surface area contributed by atoms with E-state index in [1.807, 2.05) is 0 Å². The average Bonchev–Trinajstić information content (AvgIpc) is 3.03. The summed E-state index contributed by atoms with van der Waals surface area (Å²) < 4.78 is 5.30. The maximum Gasteiger partial charge on any atom is 0.320 e. The number of carbonyl (C=O) groups excluding carboxylic acids is 1. The predicted octanol–water partition coefficient (Wildman–Crippen LogP) is 0.999. The first kappa shape index (κ1) is 12.6. The second kappa shape index (κ2) is 4.78. The molecule has 5 heteroatoms. The average molecular weight is 339 g/mol. The highest BCUT2D eigenvalue weighted by Gasteiger charge is 2.41. The highest BCUT2D eigenvalue weighted by atomic mass is 127. The van der Waals surface area contributed by atoms with Gasteiger partial charge in [-0.2, -0.15) is 0 Å². The van der Waals surface area contributed by atoms with Gasteiger partial charge in [0.2, 0.25) is 0 Å². The van der Waals surface area contributed by atoms with E-state index in [0.29, 0.717) is 0 Å². The lowest BCUT2D eigenvalue weighted by Crippen LogP contribution is -2.46. The van der Waals surface area contributed by atoms with Crippen molar-refractivity contribution in [2.45, 2.75) is 54.3 Å². The van der Waals surface area contributed by atoms with Gasteiger partial charge in [-0.25, -0.2) is 0 Å². The van der Waals surface area contributed by atoms with E-state index >= 15 is 0 Å². The Bertz CT molecular complexity index is 278. The number of aliphatic hydroxyl groups is 1. The lowest BCUT2D eigenvalue weighted by atomic mass is 9.84. The number of ether oxygens (including phenoxy) is 1. The molecular weight excluding hydrogens is 321 g/mol. The van der Waals surface area contributed by atoms with Crippen LogP contribution in [0.1, 0.15) is 32.6 Å².